The van der Waals surface area contributed by atoms with Crippen molar-refractivity contribution in [2.45, 2.75) is 33.3 Å². The second-order valence-corrected chi connectivity index (χ2v) is 7.16. The molecule has 0 atom stereocenters. The lowest BCUT2D eigenvalue weighted by molar-refractivity contribution is -0.150. The lowest BCUT2D eigenvalue weighted by Crippen LogP contribution is -2.52. The Labute approximate surface area is 160 Å². The summed E-state index contributed by atoms with van der Waals surface area (Å²) in [5.74, 6) is 1.71. The highest BCUT2D eigenvalue weighted by Gasteiger charge is 2.25. The monoisotopic (exact) mass is 382 g/mol. The molecule has 0 radical (unpaired) electrons. The van der Waals surface area contributed by atoms with Crippen LogP contribution >= 0.6 is 0 Å². The molecular weight excluding hydrogens is 352 g/mol. The van der Waals surface area contributed by atoms with E-state index in [9.17, 15) is 14.4 Å². The molecule has 1 saturated heterocycles. The Morgan fingerprint density at radius 2 is 1.81 bits per heavy atom. The molecule has 0 aromatic carbocycles. The van der Waals surface area contributed by atoms with Gasteiger partial charge in [0.05, 0.1) is 25.3 Å². The molecule has 0 unspecified atom stereocenters. The minimum absolute atomic E-state index is 0.0323. The van der Waals surface area contributed by atoms with Crippen LogP contribution in [0.1, 0.15) is 27.7 Å². The molecule has 0 saturated carbocycles. The second-order valence-electron chi connectivity index (χ2n) is 7.16. The van der Waals surface area contributed by atoms with Gasteiger partial charge < -0.3 is 14.5 Å². The summed E-state index contributed by atoms with van der Waals surface area (Å²) in [4.78, 5) is 46.2. The van der Waals surface area contributed by atoms with E-state index in [0.29, 0.717) is 32.8 Å². The van der Waals surface area contributed by atoms with E-state index in [2.05, 4.69) is 11.4 Å². The fourth-order valence-corrected chi connectivity index (χ4v) is 2.35. The Hall–Kier alpha value is -2.31. The maximum atomic E-state index is 12.5. The van der Waals surface area contributed by atoms with Gasteiger partial charge in [0.1, 0.15) is 6.54 Å². The fraction of sp³-hybridized carbons (Fsp3) is 0.722. The molecule has 0 spiro atoms. The first-order chi connectivity index (χ1) is 12.7. The van der Waals surface area contributed by atoms with E-state index in [1.165, 1.54) is 4.90 Å². The van der Waals surface area contributed by atoms with Crippen LogP contribution in [0.3, 0.4) is 0 Å². The van der Waals surface area contributed by atoms with Crippen LogP contribution in [0.15, 0.2) is 0 Å². The van der Waals surface area contributed by atoms with Crippen molar-refractivity contribution < 1.29 is 24.0 Å². The Morgan fingerprint density at radius 3 is 2.33 bits per heavy atom. The van der Waals surface area contributed by atoms with Crippen molar-refractivity contribution in [3.63, 3.8) is 0 Å². The standard InChI is InChI=1S/C18H30N4O5/c1-6-8-22(13-15(23)19-27-18(3,4)5)16(24)14-20-9-11-21(12-10-20)17(25)26-7-2/h1H,7-14H2,2-5H3,(H,19,23). The molecule has 152 valence electrons. The third-order valence-corrected chi connectivity index (χ3v) is 3.70. The summed E-state index contributed by atoms with van der Waals surface area (Å²) < 4.78 is 4.97. The van der Waals surface area contributed by atoms with Gasteiger partial charge in [0.25, 0.3) is 5.91 Å². The highest BCUT2D eigenvalue weighted by atomic mass is 16.7. The van der Waals surface area contributed by atoms with Crippen LogP contribution in [-0.4, -0.2) is 90.6 Å². The molecule has 1 heterocycles. The maximum Gasteiger partial charge on any atom is 0.409 e. The van der Waals surface area contributed by atoms with E-state index in [4.69, 9.17) is 16.0 Å². The van der Waals surface area contributed by atoms with Gasteiger partial charge in [0, 0.05) is 26.2 Å². The number of hydrogen-bond acceptors (Lipinski definition) is 6. The SMILES string of the molecule is C#CCN(CC(=O)NOC(C)(C)C)C(=O)CN1CCN(C(=O)OCC)CC1. The van der Waals surface area contributed by atoms with Crippen molar-refractivity contribution in [1.29, 1.82) is 0 Å². The first kappa shape index (κ1) is 22.7. The van der Waals surface area contributed by atoms with Crippen LogP contribution in [-0.2, 0) is 19.2 Å². The zero-order valence-electron chi connectivity index (χ0n) is 16.6. The summed E-state index contributed by atoms with van der Waals surface area (Å²) in [6, 6.07) is 0. The third kappa shape index (κ3) is 8.75. The lowest BCUT2D eigenvalue weighted by atomic mass is 10.2. The van der Waals surface area contributed by atoms with Gasteiger partial charge in [0.15, 0.2) is 0 Å². The van der Waals surface area contributed by atoms with E-state index in [1.807, 2.05) is 4.90 Å². The van der Waals surface area contributed by atoms with Crippen LogP contribution < -0.4 is 5.48 Å². The van der Waals surface area contributed by atoms with Crippen LogP contribution in [0.4, 0.5) is 4.79 Å². The Balaban J connectivity index is 2.48. The number of terminal acetylenes is 1. The Kier molecular flexibility index (Phi) is 9.05. The van der Waals surface area contributed by atoms with E-state index >= 15 is 0 Å². The number of carbonyl (C=O) groups is 3. The van der Waals surface area contributed by atoms with E-state index in [1.54, 1.807) is 32.6 Å². The van der Waals surface area contributed by atoms with Crippen LogP contribution in [0.25, 0.3) is 0 Å². The predicted molar refractivity (Wildman–Crippen MR) is 99.4 cm³/mol. The molecule has 1 aliphatic heterocycles. The molecule has 1 aliphatic rings. The molecule has 1 rings (SSSR count). The summed E-state index contributed by atoms with van der Waals surface area (Å²) in [5, 5.41) is 0. The highest BCUT2D eigenvalue weighted by molar-refractivity contribution is 5.85. The van der Waals surface area contributed by atoms with Gasteiger partial charge in [-0.1, -0.05) is 5.92 Å². The molecule has 1 fully saturated rings. The number of carbonyl (C=O) groups excluding carboxylic acids is 3. The van der Waals surface area contributed by atoms with Gasteiger partial charge in [-0.2, -0.15) is 0 Å². The lowest BCUT2D eigenvalue weighted by Gasteiger charge is -2.34. The number of piperazine rings is 1. The average molecular weight is 382 g/mol. The summed E-state index contributed by atoms with van der Waals surface area (Å²) in [6.45, 7) is 9.55. The largest absolute Gasteiger partial charge is 0.450 e. The molecule has 0 aliphatic carbocycles. The van der Waals surface area contributed by atoms with Crippen molar-refractivity contribution in [2.24, 2.45) is 0 Å². The molecule has 9 nitrogen and oxygen atoms in total. The zero-order chi connectivity index (χ0) is 20.4. The van der Waals surface area contributed by atoms with Crippen molar-refractivity contribution >= 4 is 17.9 Å². The Morgan fingerprint density at radius 1 is 1.19 bits per heavy atom. The van der Waals surface area contributed by atoms with Gasteiger partial charge >= 0.3 is 6.09 Å². The number of rotatable bonds is 7. The predicted octanol–water partition coefficient (Wildman–Crippen LogP) is 0.0686. The van der Waals surface area contributed by atoms with Crippen LogP contribution in [0, 0.1) is 12.3 Å². The van der Waals surface area contributed by atoms with Crippen molar-refractivity contribution in [2.75, 3.05) is 52.4 Å². The molecule has 3 amide bonds. The minimum Gasteiger partial charge on any atom is -0.450 e. The molecule has 27 heavy (non-hydrogen) atoms. The van der Waals surface area contributed by atoms with E-state index in [-0.39, 0.29) is 31.6 Å². The smallest absolute Gasteiger partial charge is 0.409 e. The van der Waals surface area contributed by atoms with Crippen LogP contribution in [0.2, 0.25) is 0 Å². The quantitative estimate of drug-likeness (QED) is 0.495. The molecule has 0 aromatic rings. The number of ether oxygens (including phenoxy) is 1. The van der Waals surface area contributed by atoms with E-state index < -0.39 is 11.5 Å². The number of hydrogen-bond donors (Lipinski definition) is 1. The maximum absolute atomic E-state index is 12.5. The number of amides is 3. The van der Waals surface area contributed by atoms with Gasteiger partial charge in [-0.15, -0.1) is 6.42 Å². The Bertz CT molecular complexity index is 559. The summed E-state index contributed by atoms with van der Waals surface area (Å²) >= 11 is 0. The number of nitrogens with one attached hydrogen (secondary N) is 1. The van der Waals surface area contributed by atoms with Crippen molar-refractivity contribution in [3.05, 3.63) is 0 Å². The number of hydroxylamine groups is 1. The summed E-state index contributed by atoms with van der Waals surface area (Å²) in [6.07, 6.45) is 4.98. The third-order valence-electron chi connectivity index (χ3n) is 3.70. The van der Waals surface area contributed by atoms with E-state index in [0.717, 1.165) is 0 Å². The first-order valence-corrected chi connectivity index (χ1v) is 8.98. The molecule has 0 bridgehead atoms. The average Bonchev–Trinajstić information content (AvgIpc) is 2.60. The minimum atomic E-state index is -0.533. The van der Waals surface area contributed by atoms with Gasteiger partial charge in [0.2, 0.25) is 5.91 Å². The molecule has 1 N–H and O–H groups in total. The van der Waals surface area contributed by atoms with Crippen molar-refractivity contribution in [3.8, 4) is 12.3 Å². The first-order valence-electron chi connectivity index (χ1n) is 8.98. The topological polar surface area (TPSA) is 91.4 Å². The zero-order valence-corrected chi connectivity index (χ0v) is 16.6. The van der Waals surface area contributed by atoms with Crippen LogP contribution in [0.5, 0.6) is 0 Å². The molecule has 0 aromatic heterocycles. The normalized spacial score (nSPS) is 15.0. The van der Waals surface area contributed by atoms with Gasteiger partial charge in [-0.3, -0.25) is 19.3 Å². The second kappa shape index (κ2) is 10.7. The highest BCUT2D eigenvalue weighted by Crippen LogP contribution is 2.06. The molecule has 9 heteroatoms. The van der Waals surface area contributed by atoms with Gasteiger partial charge in [-0.25, -0.2) is 10.3 Å². The van der Waals surface area contributed by atoms with Crippen molar-refractivity contribution in [1.82, 2.24) is 20.2 Å². The summed E-state index contributed by atoms with van der Waals surface area (Å²) in [7, 11) is 0. The summed E-state index contributed by atoms with van der Waals surface area (Å²) in [5.41, 5.74) is 1.79. The fourth-order valence-electron chi connectivity index (χ4n) is 2.35. The molecular formula is C18H30N4O5. The number of nitrogens with zero attached hydrogens (tertiary/aromatic N) is 3. The van der Waals surface area contributed by atoms with Gasteiger partial charge in [-0.05, 0) is 27.7 Å².